The quantitative estimate of drug-likeness (QED) is 0.850. The van der Waals surface area contributed by atoms with Crippen LogP contribution in [0.3, 0.4) is 0 Å². The Balaban J connectivity index is 1.96. The third kappa shape index (κ3) is 3.84. The first kappa shape index (κ1) is 14.6. The van der Waals surface area contributed by atoms with E-state index in [1.165, 1.54) is 11.1 Å². The number of aliphatic hydroxyl groups is 1. The Hall–Kier alpha value is -1.80. The lowest BCUT2D eigenvalue weighted by Crippen LogP contribution is -2.12. The van der Waals surface area contributed by atoms with E-state index in [9.17, 15) is 5.11 Å². The van der Waals surface area contributed by atoms with Gasteiger partial charge in [0.1, 0.15) is 0 Å². The summed E-state index contributed by atoms with van der Waals surface area (Å²) in [6.45, 7) is 6.92. The summed E-state index contributed by atoms with van der Waals surface area (Å²) >= 11 is 0. The second kappa shape index (κ2) is 6.58. The zero-order chi connectivity index (χ0) is 14.5. The highest BCUT2D eigenvalue weighted by Gasteiger charge is 2.08. The van der Waals surface area contributed by atoms with Gasteiger partial charge in [-0.3, -0.25) is 0 Å². The minimum absolute atomic E-state index is 0.489. The van der Waals surface area contributed by atoms with Crippen LogP contribution in [0.1, 0.15) is 42.6 Å². The van der Waals surface area contributed by atoms with Gasteiger partial charge in [-0.05, 0) is 41.7 Å². The van der Waals surface area contributed by atoms with Crippen LogP contribution in [-0.4, -0.2) is 11.7 Å². The van der Waals surface area contributed by atoms with E-state index in [2.05, 4.69) is 50.4 Å². The van der Waals surface area contributed by atoms with Crippen molar-refractivity contribution in [1.29, 1.82) is 0 Å². The van der Waals surface area contributed by atoms with Crippen LogP contribution < -0.4 is 5.32 Å². The monoisotopic (exact) mass is 269 g/mol. The lowest BCUT2D eigenvalue weighted by molar-refractivity contribution is 0.191. The molecule has 0 aliphatic rings. The first-order chi connectivity index (χ1) is 9.56. The minimum atomic E-state index is -0.489. The van der Waals surface area contributed by atoms with E-state index in [1.54, 1.807) is 0 Å². The van der Waals surface area contributed by atoms with Crippen molar-refractivity contribution in [3.8, 4) is 0 Å². The zero-order valence-corrected chi connectivity index (χ0v) is 12.4. The van der Waals surface area contributed by atoms with Crippen molar-refractivity contribution in [2.24, 2.45) is 0 Å². The van der Waals surface area contributed by atoms with Crippen LogP contribution in [-0.2, 0) is 0 Å². The van der Waals surface area contributed by atoms with E-state index in [4.69, 9.17) is 0 Å². The molecule has 2 aromatic carbocycles. The Morgan fingerprint density at radius 2 is 1.65 bits per heavy atom. The molecule has 1 unspecified atom stereocenters. The van der Waals surface area contributed by atoms with Crippen LogP contribution in [0.4, 0.5) is 5.69 Å². The van der Waals surface area contributed by atoms with Gasteiger partial charge in [0.25, 0.3) is 0 Å². The average Bonchev–Trinajstić information content (AvgIpc) is 2.45. The highest BCUT2D eigenvalue weighted by molar-refractivity contribution is 5.45. The molecule has 0 amide bonds. The number of nitrogens with one attached hydrogen (secondary N) is 1. The number of hydrogen-bond acceptors (Lipinski definition) is 2. The molecule has 2 aromatic rings. The minimum Gasteiger partial charge on any atom is -0.387 e. The van der Waals surface area contributed by atoms with Gasteiger partial charge in [0, 0.05) is 12.2 Å². The normalized spacial score (nSPS) is 12.4. The summed E-state index contributed by atoms with van der Waals surface area (Å²) in [5.41, 5.74) is 4.51. The van der Waals surface area contributed by atoms with Gasteiger partial charge in [0.05, 0.1) is 6.10 Å². The molecule has 2 N–H and O–H groups in total. The van der Waals surface area contributed by atoms with E-state index < -0.39 is 6.10 Å². The highest BCUT2D eigenvalue weighted by Crippen LogP contribution is 2.19. The summed E-state index contributed by atoms with van der Waals surface area (Å²) < 4.78 is 0. The van der Waals surface area contributed by atoms with Gasteiger partial charge >= 0.3 is 0 Å². The highest BCUT2D eigenvalue weighted by atomic mass is 16.3. The van der Waals surface area contributed by atoms with Crippen LogP contribution in [0.5, 0.6) is 0 Å². The molecular formula is C18H23NO. The molecule has 0 bridgehead atoms. The lowest BCUT2D eigenvalue weighted by Gasteiger charge is -2.14. The summed E-state index contributed by atoms with van der Waals surface area (Å²) in [4.78, 5) is 0. The predicted octanol–water partition coefficient (Wildman–Crippen LogP) is 4.26. The Labute approximate surface area is 121 Å². The maximum Gasteiger partial charge on any atom is 0.0962 e. The third-order valence-electron chi connectivity index (χ3n) is 3.51. The predicted molar refractivity (Wildman–Crippen MR) is 85.2 cm³/mol. The molecule has 0 aromatic heterocycles. The molecule has 2 heteroatoms. The molecule has 0 saturated heterocycles. The second-order valence-electron chi connectivity index (χ2n) is 5.59. The van der Waals surface area contributed by atoms with Crippen molar-refractivity contribution in [2.75, 3.05) is 11.9 Å². The molecule has 0 radical (unpaired) electrons. The van der Waals surface area contributed by atoms with Gasteiger partial charge in [-0.15, -0.1) is 0 Å². The topological polar surface area (TPSA) is 32.3 Å². The van der Waals surface area contributed by atoms with Gasteiger partial charge in [0.15, 0.2) is 0 Å². The summed E-state index contributed by atoms with van der Waals surface area (Å²) in [7, 11) is 0. The molecule has 0 heterocycles. The number of aryl methyl sites for hydroxylation is 1. The molecule has 0 spiro atoms. The number of aliphatic hydroxyl groups excluding tert-OH is 1. The average molecular weight is 269 g/mol. The Morgan fingerprint density at radius 1 is 1.00 bits per heavy atom. The van der Waals surface area contributed by atoms with Crippen LogP contribution in [0.15, 0.2) is 48.5 Å². The van der Waals surface area contributed by atoms with E-state index in [0.717, 1.165) is 11.3 Å². The van der Waals surface area contributed by atoms with Gasteiger partial charge in [-0.2, -0.15) is 0 Å². The Kier molecular flexibility index (Phi) is 4.80. The van der Waals surface area contributed by atoms with Crippen LogP contribution >= 0.6 is 0 Å². The number of benzene rings is 2. The first-order valence-corrected chi connectivity index (χ1v) is 7.14. The standard InChI is InChI=1S/C18H23NO/c1-13(2)15-7-9-16(10-8-15)18(20)12-19-17-6-4-5-14(3)11-17/h4-11,13,18-20H,12H2,1-3H3. The molecule has 20 heavy (non-hydrogen) atoms. The lowest BCUT2D eigenvalue weighted by atomic mass is 10.00. The van der Waals surface area contributed by atoms with Crippen molar-refractivity contribution in [2.45, 2.75) is 32.8 Å². The Bertz CT molecular complexity index is 546. The van der Waals surface area contributed by atoms with Crippen molar-refractivity contribution in [3.63, 3.8) is 0 Å². The van der Waals surface area contributed by atoms with E-state index in [1.807, 2.05) is 24.3 Å². The summed E-state index contributed by atoms with van der Waals surface area (Å²) in [6, 6.07) is 16.4. The molecule has 0 saturated carbocycles. The molecule has 0 aliphatic heterocycles. The molecule has 2 rings (SSSR count). The molecule has 0 fully saturated rings. The molecule has 1 atom stereocenters. The number of anilines is 1. The zero-order valence-electron chi connectivity index (χ0n) is 12.4. The van der Waals surface area contributed by atoms with Gasteiger partial charge in [-0.1, -0.05) is 50.2 Å². The SMILES string of the molecule is Cc1cccc(NCC(O)c2ccc(C(C)C)cc2)c1. The molecule has 0 aliphatic carbocycles. The summed E-state index contributed by atoms with van der Waals surface area (Å²) in [6.07, 6.45) is -0.489. The Morgan fingerprint density at radius 3 is 2.25 bits per heavy atom. The summed E-state index contributed by atoms with van der Waals surface area (Å²) in [5, 5.41) is 13.5. The fourth-order valence-electron chi connectivity index (χ4n) is 2.19. The molecule has 2 nitrogen and oxygen atoms in total. The number of rotatable bonds is 5. The molecule has 106 valence electrons. The summed E-state index contributed by atoms with van der Waals surface area (Å²) in [5.74, 6) is 0.520. The van der Waals surface area contributed by atoms with Crippen molar-refractivity contribution >= 4 is 5.69 Å². The van der Waals surface area contributed by atoms with Crippen LogP contribution in [0.2, 0.25) is 0 Å². The van der Waals surface area contributed by atoms with Crippen molar-refractivity contribution in [1.82, 2.24) is 0 Å². The molecular weight excluding hydrogens is 246 g/mol. The van der Waals surface area contributed by atoms with Gasteiger partial charge < -0.3 is 10.4 Å². The van der Waals surface area contributed by atoms with E-state index >= 15 is 0 Å². The van der Waals surface area contributed by atoms with Crippen LogP contribution in [0, 0.1) is 6.92 Å². The fraction of sp³-hybridized carbons (Fsp3) is 0.333. The second-order valence-corrected chi connectivity index (χ2v) is 5.59. The van der Waals surface area contributed by atoms with Gasteiger partial charge in [0.2, 0.25) is 0 Å². The number of hydrogen-bond donors (Lipinski definition) is 2. The maximum absolute atomic E-state index is 10.2. The van der Waals surface area contributed by atoms with Crippen molar-refractivity contribution in [3.05, 3.63) is 65.2 Å². The first-order valence-electron chi connectivity index (χ1n) is 7.14. The smallest absolute Gasteiger partial charge is 0.0962 e. The maximum atomic E-state index is 10.2. The fourth-order valence-corrected chi connectivity index (χ4v) is 2.19. The van der Waals surface area contributed by atoms with E-state index in [-0.39, 0.29) is 0 Å². The van der Waals surface area contributed by atoms with Crippen LogP contribution in [0.25, 0.3) is 0 Å². The van der Waals surface area contributed by atoms with Crippen molar-refractivity contribution < 1.29 is 5.11 Å². The largest absolute Gasteiger partial charge is 0.387 e. The van der Waals surface area contributed by atoms with E-state index in [0.29, 0.717) is 12.5 Å². The third-order valence-corrected chi connectivity index (χ3v) is 3.51. The van der Waals surface area contributed by atoms with Gasteiger partial charge in [-0.25, -0.2) is 0 Å².